The van der Waals surface area contributed by atoms with E-state index in [9.17, 15) is 9.18 Å². The summed E-state index contributed by atoms with van der Waals surface area (Å²) < 4.78 is 12.9. The zero-order chi connectivity index (χ0) is 15.2. The van der Waals surface area contributed by atoms with Crippen molar-refractivity contribution in [2.45, 2.75) is 25.7 Å². The van der Waals surface area contributed by atoms with Crippen LogP contribution >= 0.6 is 0 Å². The molecule has 4 rings (SSSR count). The molecule has 22 heavy (non-hydrogen) atoms. The third kappa shape index (κ3) is 2.41. The smallest absolute Gasteiger partial charge is 0.162 e. The van der Waals surface area contributed by atoms with E-state index in [-0.39, 0.29) is 11.6 Å². The molecule has 1 spiro atoms. The second-order valence-corrected chi connectivity index (χ2v) is 7.17. The average Bonchev–Trinajstić information content (AvgIpc) is 3.11. The minimum absolute atomic E-state index is 0.126. The molecular formula is C19H22FNO. The number of halogens is 1. The number of benzene rings is 1. The maximum Gasteiger partial charge on any atom is 0.162 e. The lowest BCUT2D eigenvalue weighted by Gasteiger charge is -2.19. The third-order valence-electron chi connectivity index (χ3n) is 5.82. The molecule has 0 N–H and O–H groups in total. The molecule has 3 heteroatoms. The SMILES string of the molecule is O=C(CCCN1CC2CC=CC3CC32C1)c1ccc(F)cc1. The van der Waals surface area contributed by atoms with Gasteiger partial charge in [-0.3, -0.25) is 4.79 Å². The molecule has 0 radical (unpaired) electrons. The molecule has 1 aromatic rings. The number of hydrogen-bond acceptors (Lipinski definition) is 2. The molecule has 3 atom stereocenters. The van der Waals surface area contributed by atoms with Crippen molar-refractivity contribution in [3.05, 3.63) is 47.8 Å². The fourth-order valence-corrected chi connectivity index (χ4v) is 4.49. The Bertz CT molecular complexity index is 608. The molecule has 3 aliphatic rings. The Kier molecular flexibility index (Phi) is 3.41. The highest BCUT2D eigenvalue weighted by Gasteiger charge is 2.62. The predicted octanol–water partition coefficient (Wildman–Crippen LogP) is 3.69. The van der Waals surface area contributed by atoms with Gasteiger partial charge in [-0.25, -0.2) is 4.39 Å². The van der Waals surface area contributed by atoms with Crippen LogP contribution in [-0.2, 0) is 0 Å². The van der Waals surface area contributed by atoms with Crippen molar-refractivity contribution in [2.24, 2.45) is 17.3 Å². The van der Waals surface area contributed by atoms with E-state index in [1.165, 1.54) is 38.1 Å². The Morgan fingerprint density at radius 3 is 2.91 bits per heavy atom. The second-order valence-electron chi connectivity index (χ2n) is 7.17. The fraction of sp³-hybridized carbons (Fsp3) is 0.526. The Balaban J connectivity index is 1.26. The van der Waals surface area contributed by atoms with Crippen molar-refractivity contribution < 1.29 is 9.18 Å². The van der Waals surface area contributed by atoms with Gasteiger partial charge in [0.1, 0.15) is 5.82 Å². The van der Waals surface area contributed by atoms with Gasteiger partial charge >= 0.3 is 0 Å². The molecular weight excluding hydrogens is 277 g/mol. The quantitative estimate of drug-likeness (QED) is 0.610. The van der Waals surface area contributed by atoms with Gasteiger partial charge in [0.25, 0.3) is 0 Å². The van der Waals surface area contributed by atoms with Crippen LogP contribution in [0.3, 0.4) is 0 Å². The topological polar surface area (TPSA) is 20.3 Å². The standard InChI is InChI=1S/C19H22FNO/c20-17-8-6-14(7-9-17)18(22)5-2-10-21-12-16-4-1-3-15-11-19(15,16)13-21/h1,3,6-9,15-16H,2,4-5,10-13H2. The van der Waals surface area contributed by atoms with Gasteiger partial charge in [-0.2, -0.15) is 0 Å². The predicted molar refractivity (Wildman–Crippen MR) is 84.2 cm³/mol. The van der Waals surface area contributed by atoms with Crippen LogP contribution in [0.25, 0.3) is 0 Å². The van der Waals surface area contributed by atoms with Crippen LogP contribution in [0.5, 0.6) is 0 Å². The lowest BCUT2D eigenvalue weighted by Crippen LogP contribution is -2.23. The van der Waals surface area contributed by atoms with E-state index in [1.54, 1.807) is 12.1 Å². The molecule has 0 amide bonds. The Hall–Kier alpha value is -1.48. The Morgan fingerprint density at radius 2 is 2.14 bits per heavy atom. The van der Waals surface area contributed by atoms with Crippen LogP contribution in [-0.4, -0.2) is 30.3 Å². The van der Waals surface area contributed by atoms with E-state index in [1.807, 2.05) is 0 Å². The lowest BCUT2D eigenvalue weighted by molar-refractivity contribution is 0.0976. The van der Waals surface area contributed by atoms with Gasteiger partial charge in [-0.15, -0.1) is 0 Å². The van der Waals surface area contributed by atoms with Gasteiger partial charge < -0.3 is 4.90 Å². The molecule has 1 saturated carbocycles. The van der Waals surface area contributed by atoms with Gasteiger partial charge in [0.05, 0.1) is 0 Å². The summed E-state index contributed by atoms with van der Waals surface area (Å²) in [6.45, 7) is 3.43. The van der Waals surface area contributed by atoms with Crippen molar-refractivity contribution in [1.29, 1.82) is 0 Å². The van der Waals surface area contributed by atoms with Gasteiger partial charge in [0, 0.05) is 25.1 Å². The number of Topliss-reactive ketones (excluding diaryl/α,β-unsaturated/α-hetero) is 1. The number of rotatable bonds is 5. The fourth-order valence-electron chi connectivity index (χ4n) is 4.49. The molecule has 1 heterocycles. The molecule has 1 aliphatic heterocycles. The average molecular weight is 299 g/mol. The molecule has 116 valence electrons. The van der Waals surface area contributed by atoms with Crippen molar-refractivity contribution in [3.8, 4) is 0 Å². The molecule has 3 unspecified atom stereocenters. The normalized spacial score (nSPS) is 32.6. The van der Waals surface area contributed by atoms with Crippen LogP contribution in [0, 0.1) is 23.1 Å². The summed E-state index contributed by atoms with van der Waals surface area (Å²) in [5.74, 6) is 1.51. The summed E-state index contributed by atoms with van der Waals surface area (Å²) in [6, 6.07) is 5.89. The first kappa shape index (κ1) is 14.1. The van der Waals surface area contributed by atoms with E-state index in [2.05, 4.69) is 17.1 Å². The van der Waals surface area contributed by atoms with E-state index < -0.39 is 0 Å². The molecule has 0 aromatic heterocycles. The maximum atomic E-state index is 12.9. The van der Waals surface area contributed by atoms with Crippen LogP contribution < -0.4 is 0 Å². The maximum absolute atomic E-state index is 12.9. The largest absolute Gasteiger partial charge is 0.302 e. The van der Waals surface area contributed by atoms with Gasteiger partial charge in [-0.1, -0.05) is 12.2 Å². The number of allylic oxidation sites excluding steroid dienone is 2. The second kappa shape index (κ2) is 5.31. The zero-order valence-corrected chi connectivity index (χ0v) is 12.8. The summed E-state index contributed by atoms with van der Waals surface area (Å²) >= 11 is 0. The van der Waals surface area contributed by atoms with E-state index in [4.69, 9.17) is 0 Å². The molecule has 2 fully saturated rings. The van der Waals surface area contributed by atoms with Crippen LogP contribution in [0.2, 0.25) is 0 Å². The summed E-state index contributed by atoms with van der Waals surface area (Å²) in [4.78, 5) is 14.7. The van der Waals surface area contributed by atoms with Crippen molar-refractivity contribution in [2.75, 3.05) is 19.6 Å². The van der Waals surface area contributed by atoms with Gasteiger partial charge in [0.2, 0.25) is 0 Å². The summed E-state index contributed by atoms with van der Waals surface area (Å²) in [7, 11) is 0. The van der Waals surface area contributed by atoms with Crippen molar-refractivity contribution in [1.82, 2.24) is 4.90 Å². The highest BCUT2D eigenvalue weighted by Crippen LogP contribution is 2.64. The highest BCUT2D eigenvalue weighted by atomic mass is 19.1. The van der Waals surface area contributed by atoms with E-state index in [0.29, 0.717) is 17.4 Å². The van der Waals surface area contributed by atoms with Crippen molar-refractivity contribution in [3.63, 3.8) is 0 Å². The van der Waals surface area contributed by atoms with Crippen LogP contribution in [0.4, 0.5) is 4.39 Å². The zero-order valence-electron chi connectivity index (χ0n) is 12.8. The first-order valence-corrected chi connectivity index (χ1v) is 8.35. The number of ketones is 1. The number of nitrogens with zero attached hydrogens (tertiary/aromatic N) is 1. The molecule has 1 saturated heterocycles. The third-order valence-corrected chi connectivity index (χ3v) is 5.82. The van der Waals surface area contributed by atoms with Crippen LogP contribution in [0.15, 0.2) is 36.4 Å². The monoisotopic (exact) mass is 299 g/mol. The number of carbonyl (C=O) groups excluding carboxylic acids is 1. The summed E-state index contributed by atoms with van der Waals surface area (Å²) in [5.41, 5.74) is 1.22. The number of carbonyl (C=O) groups is 1. The van der Waals surface area contributed by atoms with E-state index in [0.717, 1.165) is 24.8 Å². The molecule has 1 aromatic carbocycles. The Morgan fingerprint density at radius 1 is 1.32 bits per heavy atom. The Labute approximate surface area is 131 Å². The van der Waals surface area contributed by atoms with Gasteiger partial charge in [-0.05, 0) is 67.3 Å². The molecule has 0 bridgehead atoms. The van der Waals surface area contributed by atoms with Crippen LogP contribution in [0.1, 0.15) is 36.0 Å². The van der Waals surface area contributed by atoms with E-state index >= 15 is 0 Å². The highest BCUT2D eigenvalue weighted by molar-refractivity contribution is 5.95. The van der Waals surface area contributed by atoms with Crippen molar-refractivity contribution >= 4 is 5.78 Å². The lowest BCUT2D eigenvalue weighted by atomic mass is 9.84. The summed E-state index contributed by atoms with van der Waals surface area (Å²) in [6.07, 6.45) is 8.85. The van der Waals surface area contributed by atoms with Gasteiger partial charge in [0.15, 0.2) is 5.78 Å². The first-order valence-electron chi connectivity index (χ1n) is 8.35. The molecule has 2 nitrogen and oxygen atoms in total. The minimum Gasteiger partial charge on any atom is -0.302 e. The number of likely N-dealkylation sites (tertiary alicyclic amines) is 1. The number of hydrogen-bond donors (Lipinski definition) is 0. The first-order chi connectivity index (χ1) is 10.7. The summed E-state index contributed by atoms with van der Waals surface area (Å²) in [5, 5.41) is 0. The minimum atomic E-state index is -0.289. The molecule has 2 aliphatic carbocycles.